The van der Waals surface area contributed by atoms with Crippen molar-refractivity contribution in [2.45, 2.75) is 59.2 Å². The number of rotatable bonds is 5. The minimum Gasteiger partial charge on any atom is -0.343 e. The van der Waals surface area contributed by atoms with Crippen LogP contribution in [0.15, 0.2) is 12.1 Å². The number of nitrogens with zero attached hydrogens (tertiary/aromatic N) is 1. The van der Waals surface area contributed by atoms with Crippen molar-refractivity contribution in [2.24, 2.45) is 5.92 Å². The Morgan fingerprint density at radius 2 is 1.90 bits per heavy atom. The Balaban J connectivity index is 2.25. The summed E-state index contributed by atoms with van der Waals surface area (Å²) in [6.45, 7) is 8.57. The van der Waals surface area contributed by atoms with Gasteiger partial charge in [-0.3, -0.25) is 9.59 Å². The van der Waals surface area contributed by atoms with E-state index in [0.29, 0.717) is 13.0 Å². The Bertz CT molecular complexity index is 524. The van der Waals surface area contributed by atoms with Gasteiger partial charge in [0.1, 0.15) is 12.1 Å². The predicted molar refractivity (Wildman–Crippen MR) is 85.1 cm³/mol. The molecule has 0 aliphatic carbocycles. The number of carbonyl (C=O) groups excluding carboxylic acids is 2. The number of piperazine rings is 1. The van der Waals surface area contributed by atoms with E-state index in [4.69, 9.17) is 0 Å². The smallest absolute Gasteiger partial charge is 0.246 e. The lowest BCUT2D eigenvalue weighted by Gasteiger charge is -2.40. The van der Waals surface area contributed by atoms with Crippen molar-refractivity contribution < 1.29 is 9.59 Å². The fraction of sp³-hybridized carbons (Fsp3) is 0.625. The first-order valence-electron chi connectivity index (χ1n) is 7.66. The normalized spacial score (nSPS) is 22.8. The maximum Gasteiger partial charge on any atom is 0.246 e. The van der Waals surface area contributed by atoms with Gasteiger partial charge in [0.05, 0.1) is 6.54 Å². The van der Waals surface area contributed by atoms with Crippen LogP contribution >= 0.6 is 11.3 Å². The van der Waals surface area contributed by atoms with E-state index < -0.39 is 0 Å². The molecule has 2 rings (SSSR count). The first-order chi connectivity index (χ1) is 9.97. The molecule has 1 aromatic heterocycles. The average Bonchev–Trinajstić information content (AvgIpc) is 2.89. The second kappa shape index (κ2) is 6.60. The van der Waals surface area contributed by atoms with Crippen LogP contribution in [0.25, 0.3) is 0 Å². The van der Waals surface area contributed by atoms with Gasteiger partial charge < -0.3 is 10.2 Å². The molecule has 1 aliphatic rings. The first kappa shape index (κ1) is 16.0. The van der Waals surface area contributed by atoms with E-state index in [1.54, 1.807) is 16.2 Å². The van der Waals surface area contributed by atoms with Gasteiger partial charge in [-0.15, -0.1) is 11.3 Å². The van der Waals surface area contributed by atoms with Crippen LogP contribution in [0.4, 0.5) is 0 Å². The van der Waals surface area contributed by atoms with E-state index in [1.807, 2.05) is 20.8 Å². The van der Waals surface area contributed by atoms with Crippen molar-refractivity contribution in [1.29, 1.82) is 0 Å². The minimum absolute atomic E-state index is 0.0243. The SMILES string of the molecule is CCc1ccc(CN2C(=O)C(CC)NC(=O)C2C(C)C)s1. The predicted octanol–water partition coefficient (Wildman–Crippen LogP) is 2.57. The number of amides is 2. The first-order valence-corrected chi connectivity index (χ1v) is 8.48. The third kappa shape index (κ3) is 3.28. The van der Waals surface area contributed by atoms with Crippen LogP contribution in [-0.4, -0.2) is 28.8 Å². The molecule has 1 aliphatic heterocycles. The summed E-state index contributed by atoms with van der Waals surface area (Å²) in [6.07, 6.45) is 1.64. The van der Waals surface area contributed by atoms with Gasteiger partial charge in [0.2, 0.25) is 11.8 Å². The molecule has 1 N–H and O–H groups in total. The molecule has 116 valence electrons. The number of hydrogen-bond acceptors (Lipinski definition) is 3. The summed E-state index contributed by atoms with van der Waals surface area (Å²) in [5, 5.41) is 2.85. The molecule has 5 heteroatoms. The molecule has 2 unspecified atom stereocenters. The van der Waals surface area contributed by atoms with Crippen LogP contribution in [-0.2, 0) is 22.6 Å². The molecular weight excluding hydrogens is 284 g/mol. The van der Waals surface area contributed by atoms with Gasteiger partial charge >= 0.3 is 0 Å². The molecule has 0 radical (unpaired) electrons. The molecule has 2 atom stereocenters. The number of carbonyl (C=O) groups is 2. The molecule has 2 heterocycles. The molecule has 0 spiro atoms. The second-order valence-corrected chi connectivity index (χ2v) is 7.10. The van der Waals surface area contributed by atoms with Crippen molar-refractivity contribution in [2.75, 3.05) is 0 Å². The zero-order valence-corrected chi connectivity index (χ0v) is 14.0. The van der Waals surface area contributed by atoms with Crippen LogP contribution in [0.1, 0.15) is 43.9 Å². The molecule has 0 bridgehead atoms. The van der Waals surface area contributed by atoms with Gasteiger partial charge in [0.25, 0.3) is 0 Å². The standard InChI is InChI=1S/C16H24N2O2S/c1-5-11-7-8-12(21-11)9-18-14(10(3)4)15(19)17-13(6-2)16(18)20/h7-8,10,13-14H,5-6,9H2,1-4H3,(H,17,19). The lowest BCUT2D eigenvalue weighted by Crippen LogP contribution is -2.64. The molecule has 0 saturated carbocycles. The average molecular weight is 308 g/mol. The molecule has 0 aromatic carbocycles. The zero-order valence-electron chi connectivity index (χ0n) is 13.2. The quantitative estimate of drug-likeness (QED) is 0.909. The third-order valence-electron chi connectivity index (χ3n) is 3.93. The lowest BCUT2D eigenvalue weighted by molar-refractivity contribution is -0.151. The van der Waals surface area contributed by atoms with Crippen molar-refractivity contribution in [3.63, 3.8) is 0 Å². The van der Waals surface area contributed by atoms with Crippen molar-refractivity contribution in [3.05, 3.63) is 21.9 Å². The summed E-state index contributed by atoms with van der Waals surface area (Å²) >= 11 is 1.73. The van der Waals surface area contributed by atoms with Crippen molar-refractivity contribution in [1.82, 2.24) is 10.2 Å². The van der Waals surface area contributed by atoms with Gasteiger partial charge in [-0.25, -0.2) is 0 Å². The van der Waals surface area contributed by atoms with Crippen molar-refractivity contribution >= 4 is 23.2 Å². The van der Waals surface area contributed by atoms with Gasteiger partial charge in [-0.2, -0.15) is 0 Å². The Hall–Kier alpha value is -1.36. The third-order valence-corrected chi connectivity index (χ3v) is 5.15. The number of hydrogen-bond donors (Lipinski definition) is 1. The molecule has 1 aromatic rings. The summed E-state index contributed by atoms with van der Waals surface area (Å²) < 4.78 is 0. The molecule has 4 nitrogen and oxygen atoms in total. The summed E-state index contributed by atoms with van der Waals surface area (Å²) in [6, 6.07) is 3.43. The Morgan fingerprint density at radius 3 is 2.43 bits per heavy atom. The molecule has 21 heavy (non-hydrogen) atoms. The molecule has 1 saturated heterocycles. The Kier molecular flexibility index (Phi) is 5.04. The van der Waals surface area contributed by atoms with E-state index in [1.165, 1.54) is 4.88 Å². The Morgan fingerprint density at radius 1 is 1.24 bits per heavy atom. The number of thiophene rings is 1. The van der Waals surface area contributed by atoms with Crippen LogP contribution in [0, 0.1) is 5.92 Å². The highest BCUT2D eigenvalue weighted by molar-refractivity contribution is 7.11. The topological polar surface area (TPSA) is 49.4 Å². The minimum atomic E-state index is -0.377. The molecular formula is C16H24N2O2S. The monoisotopic (exact) mass is 308 g/mol. The maximum absolute atomic E-state index is 12.6. The molecule has 2 amide bonds. The molecule has 1 fully saturated rings. The number of aryl methyl sites for hydroxylation is 1. The fourth-order valence-corrected chi connectivity index (χ4v) is 3.74. The van der Waals surface area contributed by atoms with E-state index in [0.717, 1.165) is 11.3 Å². The van der Waals surface area contributed by atoms with Gasteiger partial charge in [0.15, 0.2) is 0 Å². The van der Waals surface area contributed by atoms with Gasteiger partial charge in [-0.05, 0) is 30.9 Å². The summed E-state index contributed by atoms with van der Waals surface area (Å²) in [7, 11) is 0. The van der Waals surface area contributed by atoms with E-state index in [-0.39, 0.29) is 29.8 Å². The maximum atomic E-state index is 12.6. The van der Waals surface area contributed by atoms with E-state index >= 15 is 0 Å². The lowest BCUT2D eigenvalue weighted by atomic mass is 9.96. The van der Waals surface area contributed by atoms with Crippen LogP contribution in [0.3, 0.4) is 0 Å². The Labute approximate surface area is 130 Å². The summed E-state index contributed by atoms with van der Waals surface area (Å²) in [4.78, 5) is 29.2. The second-order valence-electron chi connectivity index (χ2n) is 5.85. The van der Waals surface area contributed by atoms with Gasteiger partial charge in [-0.1, -0.05) is 27.7 Å². The van der Waals surface area contributed by atoms with Crippen LogP contribution < -0.4 is 5.32 Å². The highest BCUT2D eigenvalue weighted by Crippen LogP contribution is 2.25. The van der Waals surface area contributed by atoms with Crippen LogP contribution in [0.2, 0.25) is 0 Å². The summed E-state index contributed by atoms with van der Waals surface area (Å²) in [5.74, 6) is 0.128. The largest absolute Gasteiger partial charge is 0.343 e. The van der Waals surface area contributed by atoms with Gasteiger partial charge in [0, 0.05) is 9.75 Å². The fourth-order valence-electron chi connectivity index (χ4n) is 2.78. The highest BCUT2D eigenvalue weighted by Gasteiger charge is 2.41. The van der Waals surface area contributed by atoms with Crippen molar-refractivity contribution in [3.8, 4) is 0 Å². The number of nitrogens with one attached hydrogen (secondary N) is 1. The highest BCUT2D eigenvalue weighted by atomic mass is 32.1. The van der Waals surface area contributed by atoms with E-state index in [9.17, 15) is 9.59 Å². The van der Waals surface area contributed by atoms with Crippen LogP contribution in [0.5, 0.6) is 0 Å². The summed E-state index contributed by atoms with van der Waals surface area (Å²) in [5.41, 5.74) is 0. The zero-order chi connectivity index (χ0) is 15.6. The van der Waals surface area contributed by atoms with E-state index in [2.05, 4.69) is 24.4 Å².